The van der Waals surface area contributed by atoms with Crippen LogP contribution in [-0.2, 0) is 0 Å². The quantitative estimate of drug-likeness (QED) is 0.576. The Hall–Kier alpha value is -1.48. The zero-order valence-corrected chi connectivity index (χ0v) is 10.7. The van der Waals surface area contributed by atoms with E-state index in [4.69, 9.17) is 21.1 Å². The monoisotopic (exact) mass is 254 g/mol. The second-order valence-electron chi connectivity index (χ2n) is 3.21. The summed E-state index contributed by atoms with van der Waals surface area (Å²) in [5, 5.41) is 0.389. The molecule has 0 aromatic heterocycles. The number of carbonyl (C=O) groups excluding carboxylic acids is 1. The highest BCUT2D eigenvalue weighted by molar-refractivity contribution is 6.32. The van der Waals surface area contributed by atoms with Crippen molar-refractivity contribution in [2.75, 3.05) is 13.2 Å². The highest BCUT2D eigenvalue weighted by atomic mass is 35.5. The minimum Gasteiger partial charge on any atom is -0.493 e. The maximum absolute atomic E-state index is 11.6. The standard InChI is InChI=1S/C13H15ClO3/c1-4-11(15)9-7-10(14)13(17-6-3)8-12(9)16-5-2/h4,7-8H,1,5-6H2,2-3H3. The summed E-state index contributed by atoms with van der Waals surface area (Å²) in [4.78, 5) is 11.6. The largest absolute Gasteiger partial charge is 0.493 e. The van der Waals surface area contributed by atoms with Crippen molar-refractivity contribution in [1.29, 1.82) is 0 Å². The van der Waals surface area contributed by atoms with Gasteiger partial charge < -0.3 is 9.47 Å². The number of hydrogen-bond donors (Lipinski definition) is 0. The summed E-state index contributed by atoms with van der Waals surface area (Å²) in [6.45, 7) is 8.12. The number of allylic oxidation sites excluding steroid dienone is 1. The van der Waals surface area contributed by atoms with Crippen LogP contribution in [0.25, 0.3) is 0 Å². The Balaban J connectivity index is 3.24. The lowest BCUT2D eigenvalue weighted by molar-refractivity contribution is 0.104. The summed E-state index contributed by atoms with van der Waals surface area (Å²) >= 11 is 6.01. The Bertz CT molecular complexity index is 427. The second-order valence-corrected chi connectivity index (χ2v) is 3.62. The first-order chi connectivity index (χ1) is 8.13. The van der Waals surface area contributed by atoms with Crippen LogP contribution >= 0.6 is 11.6 Å². The Kier molecular flexibility index (Phi) is 5.04. The number of benzene rings is 1. The van der Waals surface area contributed by atoms with Gasteiger partial charge in [-0.05, 0) is 26.0 Å². The molecule has 0 saturated heterocycles. The van der Waals surface area contributed by atoms with Crippen molar-refractivity contribution < 1.29 is 14.3 Å². The summed E-state index contributed by atoms with van der Waals surface area (Å²) in [5.74, 6) is 0.752. The summed E-state index contributed by atoms with van der Waals surface area (Å²) in [6.07, 6.45) is 1.23. The van der Waals surface area contributed by atoms with Crippen LogP contribution in [0.4, 0.5) is 0 Å². The van der Waals surface area contributed by atoms with E-state index in [1.807, 2.05) is 13.8 Å². The van der Waals surface area contributed by atoms with Crippen LogP contribution in [0, 0.1) is 0 Å². The summed E-state index contributed by atoms with van der Waals surface area (Å²) in [5.41, 5.74) is 0.398. The molecule has 1 rings (SSSR count). The molecule has 0 aliphatic carbocycles. The van der Waals surface area contributed by atoms with Crippen molar-refractivity contribution in [1.82, 2.24) is 0 Å². The Labute approximate surface area is 106 Å². The summed E-state index contributed by atoms with van der Waals surface area (Å²) < 4.78 is 10.7. The molecule has 0 aliphatic rings. The fourth-order valence-electron chi connectivity index (χ4n) is 1.38. The third-order valence-electron chi connectivity index (χ3n) is 2.08. The topological polar surface area (TPSA) is 35.5 Å². The molecular weight excluding hydrogens is 240 g/mol. The summed E-state index contributed by atoms with van der Waals surface area (Å²) in [7, 11) is 0. The zero-order chi connectivity index (χ0) is 12.8. The molecule has 0 unspecified atom stereocenters. The van der Waals surface area contributed by atoms with Gasteiger partial charge in [0.05, 0.1) is 23.8 Å². The molecule has 0 bridgehead atoms. The van der Waals surface area contributed by atoms with E-state index in [0.717, 1.165) is 0 Å². The maximum atomic E-state index is 11.6. The number of ether oxygens (including phenoxy) is 2. The van der Waals surface area contributed by atoms with E-state index in [1.165, 1.54) is 6.08 Å². The third kappa shape index (κ3) is 3.24. The van der Waals surface area contributed by atoms with E-state index in [0.29, 0.717) is 35.3 Å². The molecule has 4 heteroatoms. The first-order valence-electron chi connectivity index (χ1n) is 5.39. The molecule has 0 amide bonds. The van der Waals surface area contributed by atoms with Gasteiger partial charge in [0.15, 0.2) is 5.78 Å². The molecular formula is C13H15ClO3. The molecule has 0 aliphatic heterocycles. The molecule has 3 nitrogen and oxygen atoms in total. The lowest BCUT2D eigenvalue weighted by atomic mass is 10.1. The Morgan fingerprint density at radius 3 is 2.41 bits per heavy atom. The molecule has 0 radical (unpaired) electrons. The van der Waals surface area contributed by atoms with Gasteiger partial charge in [-0.2, -0.15) is 0 Å². The van der Waals surface area contributed by atoms with Gasteiger partial charge in [-0.3, -0.25) is 4.79 Å². The minimum absolute atomic E-state index is 0.224. The zero-order valence-electron chi connectivity index (χ0n) is 9.96. The van der Waals surface area contributed by atoms with Crippen LogP contribution < -0.4 is 9.47 Å². The van der Waals surface area contributed by atoms with Gasteiger partial charge in [0.1, 0.15) is 11.5 Å². The van der Waals surface area contributed by atoms with Gasteiger partial charge >= 0.3 is 0 Å². The van der Waals surface area contributed by atoms with E-state index < -0.39 is 0 Å². The van der Waals surface area contributed by atoms with Crippen LogP contribution in [-0.4, -0.2) is 19.0 Å². The smallest absolute Gasteiger partial charge is 0.189 e. The van der Waals surface area contributed by atoms with Gasteiger partial charge in [-0.1, -0.05) is 18.2 Å². The summed E-state index contributed by atoms with van der Waals surface area (Å²) in [6, 6.07) is 3.17. The first kappa shape index (κ1) is 13.6. The molecule has 0 fully saturated rings. The fraction of sp³-hybridized carbons (Fsp3) is 0.308. The molecule has 0 atom stereocenters. The van der Waals surface area contributed by atoms with E-state index in [2.05, 4.69) is 6.58 Å². The lowest BCUT2D eigenvalue weighted by Gasteiger charge is -2.12. The SMILES string of the molecule is C=CC(=O)c1cc(Cl)c(OCC)cc1OCC. The number of rotatable bonds is 6. The molecule has 0 N–H and O–H groups in total. The van der Waals surface area contributed by atoms with Crippen LogP contribution in [0.1, 0.15) is 24.2 Å². The number of ketones is 1. The predicted molar refractivity (Wildman–Crippen MR) is 68.3 cm³/mol. The van der Waals surface area contributed by atoms with Crippen LogP contribution in [0.15, 0.2) is 24.8 Å². The average molecular weight is 255 g/mol. The molecule has 1 aromatic rings. The van der Waals surface area contributed by atoms with E-state index in [-0.39, 0.29) is 5.78 Å². The first-order valence-corrected chi connectivity index (χ1v) is 5.77. The maximum Gasteiger partial charge on any atom is 0.189 e. The van der Waals surface area contributed by atoms with Crippen LogP contribution in [0.5, 0.6) is 11.5 Å². The minimum atomic E-state index is -0.224. The third-order valence-corrected chi connectivity index (χ3v) is 2.38. The van der Waals surface area contributed by atoms with Crippen LogP contribution in [0.3, 0.4) is 0 Å². The van der Waals surface area contributed by atoms with Crippen molar-refractivity contribution in [3.8, 4) is 11.5 Å². The van der Waals surface area contributed by atoms with Gasteiger partial charge in [0, 0.05) is 6.07 Å². The number of carbonyl (C=O) groups is 1. The Morgan fingerprint density at radius 1 is 1.29 bits per heavy atom. The molecule has 0 spiro atoms. The lowest BCUT2D eigenvalue weighted by Crippen LogP contribution is -2.03. The van der Waals surface area contributed by atoms with Crippen molar-refractivity contribution in [2.45, 2.75) is 13.8 Å². The van der Waals surface area contributed by atoms with Crippen molar-refractivity contribution in [2.24, 2.45) is 0 Å². The second kappa shape index (κ2) is 6.30. The van der Waals surface area contributed by atoms with Crippen molar-refractivity contribution in [3.63, 3.8) is 0 Å². The van der Waals surface area contributed by atoms with E-state index >= 15 is 0 Å². The van der Waals surface area contributed by atoms with E-state index in [9.17, 15) is 4.79 Å². The molecule has 0 saturated carbocycles. The van der Waals surface area contributed by atoms with Crippen LogP contribution in [0.2, 0.25) is 5.02 Å². The number of hydrogen-bond acceptors (Lipinski definition) is 3. The fourth-order valence-corrected chi connectivity index (χ4v) is 1.60. The Morgan fingerprint density at radius 2 is 1.88 bits per heavy atom. The number of halogens is 1. The highest BCUT2D eigenvalue weighted by Gasteiger charge is 2.14. The van der Waals surface area contributed by atoms with Gasteiger partial charge in [-0.15, -0.1) is 0 Å². The highest BCUT2D eigenvalue weighted by Crippen LogP contribution is 2.33. The normalized spacial score (nSPS) is 9.82. The predicted octanol–water partition coefficient (Wildman–Crippen LogP) is 3.51. The average Bonchev–Trinajstić information content (AvgIpc) is 2.32. The van der Waals surface area contributed by atoms with Gasteiger partial charge in [0.2, 0.25) is 0 Å². The van der Waals surface area contributed by atoms with Crippen molar-refractivity contribution >= 4 is 17.4 Å². The molecule has 0 heterocycles. The molecule has 17 heavy (non-hydrogen) atoms. The van der Waals surface area contributed by atoms with Crippen molar-refractivity contribution in [3.05, 3.63) is 35.4 Å². The molecule has 92 valence electrons. The molecule has 1 aromatic carbocycles. The van der Waals surface area contributed by atoms with Gasteiger partial charge in [0.25, 0.3) is 0 Å². The van der Waals surface area contributed by atoms with E-state index in [1.54, 1.807) is 12.1 Å². The van der Waals surface area contributed by atoms with Gasteiger partial charge in [-0.25, -0.2) is 0 Å².